The number of benzene rings is 4. The number of hydrogen-bond donors (Lipinski definition) is 2. The Hall–Kier alpha value is -4.92. The third-order valence-corrected chi connectivity index (χ3v) is 6.88. The Morgan fingerprint density at radius 3 is 2.05 bits per heavy atom. The van der Waals surface area contributed by atoms with Crippen molar-refractivity contribution in [3.8, 4) is 0 Å². The molecular weight excluding hydrogens is 534 g/mol. The van der Waals surface area contributed by atoms with Gasteiger partial charge < -0.3 is 15.2 Å². The van der Waals surface area contributed by atoms with Gasteiger partial charge in [-0.15, -0.1) is 0 Å². The molecule has 2 N–H and O–H groups in total. The fourth-order valence-electron chi connectivity index (χ4n) is 4.50. The van der Waals surface area contributed by atoms with E-state index >= 15 is 0 Å². The van der Waals surface area contributed by atoms with Crippen LogP contribution in [0.15, 0.2) is 91.0 Å². The molecule has 0 saturated heterocycles. The van der Waals surface area contributed by atoms with Gasteiger partial charge in [-0.05, 0) is 103 Å². The van der Waals surface area contributed by atoms with Crippen molar-refractivity contribution in [1.82, 2.24) is 4.57 Å². The van der Waals surface area contributed by atoms with E-state index in [4.69, 9.17) is 0 Å². The first-order chi connectivity index (χ1) is 19.5. The van der Waals surface area contributed by atoms with Crippen LogP contribution < -0.4 is 10.6 Å². The zero-order chi connectivity index (χ0) is 29.3. The second-order valence-electron chi connectivity index (χ2n) is 9.80. The van der Waals surface area contributed by atoms with Gasteiger partial charge in [0, 0.05) is 34.4 Å². The van der Waals surface area contributed by atoms with E-state index in [0.717, 1.165) is 28.8 Å². The van der Waals surface area contributed by atoms with Gasteiger partial charge in [-0.2, -0.15) is 13.2 Å². The van der Waals surface area contributed by atoms with Crippen LogP contribution in [0.2, 0.25) is 0 Å². The molecule has 0 saturated carbocycles. The second kappa shape index (κ2) is 10.9. The van der Waals surface area contributed by atoms with Crippen molar-refractivity contribution in [1.29, 1.82) is 0 Å². The van der Waals surface area contributed by atoms with Crippen molar-refractivity contribution in [2.24, 2.45) is 0 Å². The summed E-state index contributed by atoms with van der Waals surface area (Å²) in [6.07, 6.45) is -4.49. The maximum Gasteiger partial charge on any atom is 0.416 e. The van der Waals surface area contributed by atoms with Crippen molar-refractivity contribution >= 4 is 34.1 Å². The molecule has 5 aromatic rings. The van der Waals surface area contributed by atoms with E-state index in [0.29, 0.717) is 22.2 Å². The molecule has 0 radical (unpaired) electrons. The standard InChI is InChI=1S/C32H25F4N3O2/c1-19-3-6-22(15-20(19)2)30(40)38-27-13-14-28-23(16-27)17-29(39(28)18-21-4-9-25(33)10-5-21)31(41)37-26-11-7-24(8-12-26)32(34,35)36/h3-17H,18H2,1-2H3,(H,37,41)(H,38,40). The normalized spacial score (nSPS) is 11.5. The number of amides is 2. The number of carbonyl (C=O) groups excluding carboxylic acids is 2. The summed E-state index contributed by atoms with van der Waals surface area (Å²) in [4.78, 5) is 26.2. The van der Waals surface area contributed by atoms with E-state index < -0.39 is 23.5 Å². The van der Waals surface area contributed by atoms with Gasteiger partial charge in [-0.3, -0.25) is 9.59 Å². The van der Waals surface area contributed by atoms with Crippen LogP contribution in [-0.2, 0) is 12.7 Å². The van der Waals surface area contributed by atoms with Crippen LogP contribution in [0.5, 0.6) is 0 Å². The zero-order valence-electron chi connectivity index (χ0n) is 22.1. The predicted molar refractivity (Wildman–Crippen MR) is 151 cm³/mol. The molecule has 0 aliphatic heterocycles. The quantitative estimate of drug-likeness (QED) is 0.207. The Kier molecular flexibility index (Phi) is 7.36. The number of aryl methyl sites for hydroxylation is 2. The van der Waals surface area contributed by atoms with E-state index in [9.17, 15) is 27.2 Å². The van der Waals surface area contributed by atoms with Gasteiger partial charge in [0.1, 0.15) is 11.5 Å². The zero-order valence-corrected chi connectivity index (χ0v) is 22.1. The SMILES string of the molecule is Cc1ccc(C(=O)Nc2ccc3c(c2)cc(C(=O)Nc2ccc(C(F)(F)F)cc2)n3Cc2ccc(F)cc2)cc1C. The maximum atomic E-state index is 13.5. The highest BCUT2D eigenvalue weighted by Gasteiger charge is 2.30. The van der Waals surface area contributed by atoms with Crippen molar-refractivity contribution < 1.29 is 27.2 Å². The molecule has 0 aliphatic carbocycles. The Morgan fingerprint density at radius 1 is 0.732 bits per heavy atom. The third kappa shape index (κ3) is 6.14. The van der Waals surface area contributed by atoms with Gasteiger partial charge in [0.25, 0.3) is 11.8 Å². The minimum Gasteiger partial charge on any atom is -0.332 e. The van der Waals surface area contributed by atoms with Crippen LogP contribution in [0.3, 0.4) is 0 Å². The van der Waals surface area contributed by atoms with Gasteiger partial charge >= 0.3 is 6.18 Å². The summed E-state index contributed by atoms with van der Waals surface area (Å²) in [7, 11) is 0. The summed E-state index contributed by atoms with van der Waals surface area (Å²) in [5, 5.41) is 6.20. The first-order valence-corrected chi connectivity index (χ1v) is 12.7. The minimum atomic E-state index is -4.49. The molecule has 0 atom stereocenters. The largest absolute Gasteiger partial charge is 0.416 e. The lowest BCUT2D eigenvalue weighted by molar-refractivity contribution is -0.137. The fourth-order valence-corrected chi connectivity index (χ4v) is 4.50. The van der Waals surface area contributed by atoms with Crippen LogP contribution in [0, 0.1) is 19.7 Å². The number of rotatable bonds is 6. The van der Waals surface area contributed by atoms with Crippen molar-refractivity contribution in [2.45, 2.75) is 26.6 Å². The molecule has 5 rings (SSSR count). The molecule has 0 bridgehead atoms. The lowest BCUT2D eigenvalue weighted by Crippen LogP contribution is -2.17. The summed E-state index contributed by atoms with van der Waals surface area (Å²) in [5.41, 5.74) is 4.13. The van der Waals surface area contributed by atoms with E-state index in [1.54, 1.807) is 47.0 Å². The monoisotopic (exact) mass is 559 g/mol. The molecule has 0 spiro atoms. The lowest BCUT2D eigenvalue weighted by Gasteiger charge is -2.13. The summed E-state index contributed by atoms with van der Waals surface area (Å²) in [5.74, 6) is -1.21. The average molecular weight is 560 g/mol. The van der Waals surface area contributed by atoms with Crippen molar-refractivity contribution in [3.05, 3.63) is 130 Å². The van der Waals surface area contributed by atoms with Gasteiger partial charge in [-0.25, -0.2) is 4.39 Å². The van der Waals surface area contributed by atoms with E-state index in [1.165, 1.54) is 24.3 Å². The highest BCUT2D eigenvalue weighted by molar-refractivity contribution is 6.08. The van der Waals surface area contributed by atoms with Gasteiger partial charge in [0.15, 0.2) is 0 Å². The molecule has 1 aromatic heterocycles. The van der Waals surface area contributed by atoms with Crippen LogP contribution >= 0.6 is 0 Å². The number of halogens is 4. The Balaban J connectivity index is 1.47. The summed E-state index contributed by atoms with van der Waals surface area (Å²) in [6.45, 7) is 4.13. The van der Waals surface area contributed by atoms with Crippen LogP contribution in [0.25, 0.3) is 10.9 Å². The van der Waals surface area contributed by atoms with Crippen LogP contribution in [-0.4, -0.2) is 16.4 Å². The van der Waals surface area contributed by atoms with Crippen LogP contribution in [0.4, 0.5) is 28.9 Å². The molecule has 2 amide bonds. The summed E-state index contributed by atoms with van der Waals surface area (Å²) < 4.78 is 54.1. The number of nitrogens with zero attached hydrogens (tertiary/aromatic N) is 1. The number of carbonyl (C=O) groups is 2. The molecule has 0 aliphatic rings. The first kappa shape index (κ1) is 27.6. The summed E-state index contributed by atoms with van der Waals surface area (Å²) in [6, 6.07) is 22.3. The fraction of sp³-hybridized carbons (Fsp3) is 0.125. The number of hydrogen-bond acceptors (Lipinski definition) is 2. The highest BCUT2D eigenvalue weighted by atomic mass is 19.4. The molecule has 9 heteroatoms. The molecule has 41 heavy (non-hydrogen) atoms. The Bertz CT molecular complexity index is 1760. The second-order valence-corrected chi connectivity index (χ2v) is 9.80. The molecule has 208 valence electrons. The average Bonchev–Trinajstić information content (AvgIpc) is 3.28. The van der Waals surface area contributed by atoms with Crippen LogP contribution in [0.1, 0.15) is 43.1 Å². The maximum absolute atomic E-state index is 13.5. The number of fused-ring (bicyclic) bond motifs is 1. The van der Waals surface area contributed by atoms with Gasteiger partial charge in [0.05, 0.1) is 5.56 Å². The molecular formula is C32H25F4N3O2. The smallest absolute Gasteiger partial charge is 0.332 e. The molecule has 0 fully saturated rings. The number of aromatic nitrogens is 1. The Labute approximate surface area is 233 Å². The topological polar surface area (TPSA) is 63.1 Å². The number of alkyl halides is 3. The van der Waals surface area contributed by atoms with E-state index in [1.807, 2.05) is 26.0 Å². The van der Waals surface area contributed by atoms with Crippen molar-refractivity contribution in [2.75, 3.05) is 10.6 Å². The molecule has 1 heterocycles. The highest BCUT2D eigenvalue weighted by Crippen LogP contribution is 2.30. The number of nitrogens with one attached hydrogen (secondary N) is 2. The van der Waals surface area contributed by atoms with Crippen molar-refractivity contribution in [3.63, 3.8) is 0 Å². The van der Waals surface area contributed by atoms with E-state index in [2.05, 4.69) is 10.6 Å². The number of anilines is 2. The lowest BCUT2D eigenvalue weighted by atomic mass is 10.1. The first-order valence-electron chi connectivity index (χ1n) is 12.7. The third-order valence-electron chi connectivity index (χ3n) is 6.88. The molecule has 4 aromatic carbocycles. The Morgan fingerprint density at radius 2 is 1.39 bits per heavy atom. The molecule has 5 nitrogen and oxygen atoms in total. The van der Waals surface area contributed by atoms with Gasteiger partial charge in [0.2, 0.25) is 0 Å². The van der Waals surface area contributed by atoms with Gasteiger partial charge in [-0.1, -0.05) is 18.2 Å². The molecule has 0 unspecified atom stereocenters. The summed E-state index contributed by atoms with van der Waals surface area (Å²) >= 11 is 0. The minimum absolute atomic E-state index is 0.197. The predicted octanol–water partition coefficient (Wildman–Crippen LogP) is 7.97. The van der Waals surface area contributed by atoms with E-state index in [-0.39, 0.29) is 23.8 Å².